The van der Waals surface area contributed by atoms with Crippen LogP contribution in [0.1, 0.15) is 0 Å². The van der Waals surface area contributed by atoms with Gasteiger partial charge >= 0.3 is 0 Å². The van der Waals surface area contributed by atoms with Gasteiger partial charge in [-0.3, -0.25) is 10.1 Å². The fourth-order valence-electron chi connectivity index (χ4n) is 1.65. The first kappa shape index (κ1) is 15.8. The molecule has 0 atom stereocenters. The van der Waals surface area contributed by atoms with E-state index in [9.17, 15) is 10.1 Å². The Bertz CT molecular complexity index is 633. The van der Waals surface area contributed by atoms with Crippen molar-refractivity contribution < 1.29 is 9.66 Å². The van der Waals surface area contributed by atoms with Gasteiger partial charge in [0, 0.05) is 33.3 Å². The molecule has 0 fully saturated rings. The van der Waals surface area contributed by atoms with Crippen molar-refractivity contribution in [2.75, 3.05) is 18.5 Å². The first-order valence-corrected chi connectivity index (χ1v) is 7.71. The fourth-order valence-corrected chi connectivity index (χ4v) is 2.40. The predicted octanol–water partition coefficient (Wildman–Crippen LogP) is 4.61. The standard InChI is InChI=1S/C14H12Br2N2O3/c15-10-1-6-13(16)14(9-10)17-7-8-21-12-4-2-11(3-5-12)18(19)20/h1-6,9,17H,7-8H2. The Balaban J connectivity index is 1.81. The molecular weight excluding hydrogens is 404 g/mol. The fraction of sp³-hybridized carbons (Fsp3) is 0.143. The Morgan fingerprint density at radius 1 is 1.14 bits per heavy atom. The second kappa shape index (κ2) is 7.42. The molecule has 0 aromatic heterocycles. The van der Waals surface area contributed by atoms with E-state index in [1.165, 1.54) is 12.1 Å². The molecule has 0 heterocycles. The van der Waals surface area contributed by atoms with Gasteiger partial charge in [-0.25, -0.2) is 0 Å². The number of non-ortho nitro benzene ring substituents is 1. The molecule has 1 N–H and O–H groups in total. The van der Waals surface area contributed by atoms with E-state index in [1.54, 1.807) is 12.1 Å². The molecule has 0 unspecified atom stereocenters. The molecule has 0 spiro atoms. The molecule has 0 bridgehead atoms. The van der Waals surface area contributed by atoms with Crippen molar-refractivity contribution in [3.8, 4) is 5.75 Å². The Kier molecular flexibility index (Phi) is 5.58. The summed E-state index contributed by atoms with van der Waals surface area (Å²) >= 11 is 6.87. The Hall–Kier alpha value is -1.60. The number of benzene rings is 2. The minimum Gasteiger partial charge on any atom is -0.492 e. The molecule has 2 aromatic rings. The van der Waals surface area contributed by atoms with Crippen molar-refractivity contribution in [2.24, 2.45) is 0 Å². The number of nitro groups is 1. The number of halogens is 2. The Morgan fingerprint density at radius 3 is 2.52 bits per heavy atom. The molecule has 0 radical (unpaired) electrons. The summed E-state index contributed by atoms with van der Waals surface area (Å²) in [7, 11) is 0. The molecular formula is C14H12Br2N2O3. The lowest BCUT2D eigenvalue weighted by atomic mass is 10.3. The maximum atomic E-state index is 10.5. The van der Waals surface area contributed by atoms with Crippen molar-refractivity contribution in [1.29, 1.82) is 0 Å². The molecule has 5 nitrogen and oxygen atoms in total. The summed E-state index contributed by atoms with van der Waals surface area (Å²) in [5.41, 5.74) is 1.02. The van der Waals surface area contributed by atoms with Crippen LogP contribution < -0.4 is 10.1 Å². The van der Waals surface area contributed by atoms with Crippen LogP contribution in [0.15, 0.2) is 51.4 Å². The third-order valence-electron chi connectivity index (χ3n) is 2.66. The molecule has 0 amide bonds. The number of nitrogens with one attached hydrogen (secondary N) is 1. The van der Waals surface area contributed by atoms with Crippen LogP contribution in [0, 0.1) is 10.1 Å². The SMILES string of the molecule is O=[N+]([O-])c1ccc(OCCNc2cc(Br)ccc2Br)cc1. The summed E-state index contributed by atoms with van der Waals surface area (Å²) in [6, 6.07) is 11.9. The van der Waals surface area contributed by atoms with Crippen LogP contribution in [-0.2, 0) is 0 Å². The van der Waals surface area contributed by atoms with Gasteiger partial charge in [-0.1, -0.05) is 15.9 Å². The first-order chi connectivity index (χ1) is 10.1. The molecule has 0 aliphatic rings. The van der Waals surface area contributed by atoms with Gasteiger partial charge in [-0.2, -0.15) is 0 Å². The molecule has 2 aromatic carbocycles. The predicted molar refractivity (Wildman–Crippen MR) is 88.9 cm³/mol. The number of nitrogens with zero attached hydrogens (tertiary/aromatic N) is 1. The highest BCUT2D eigenvalue weighted by molar-refractivity contribution is 9.11. The van der Waals surface area contributed by atoms with Crippen molar-refractivity contribution >= 4 is 43.2 Å². The second-order valence-electron chi connectivity index (χ2n) is 4.15. The van der Waals surface area contributed by atoms with Crippen molar-refractivity contribution in [3.63, 3.8) is 0 Å². The van der Waals surface area contributed by atoms with Crippen LogP contribution in [-0.4, -0.2) is 18.1 Å². The minimum absolute atomic E-state index is 0.0542. The normalized spacial score (nSPS) is 10.2. The van der Waals surface area contributed by atoms with Gasteiger partial charge in [0.05, 0.1) is 4.92 Å². The second-order valence-corrected chi connectivity index (χ2v) is 5.92. The highest BCUT2D eigenvalue weighted by atomic mass is 79.9. The van der Waals surface area contributed by atoms with Crippen LogP contribution in [0.25, 0.3) is 0 Å². The zero-order valence-electron chi connectivity index (χ0n) is 10.9. The van der Waals surface area contributed by atoms with Crippen molar-refractivity contribution in [3.05, 3.63) is 61.5 Å². The van der Waals surface area contributed by atoms with Crippen LogP contribution in [0.2, 0.25) is 0 Å². The van der Waals surface area contributed by atoms with Crippen molar-refractivity contribution in [2.45, 2.75) is 0 Å². The number of anilines is 1. The van der Waals surface area contributed by atoms with Crippen LogP contribution in [0.5, 0.6) is 5.75 Å². The highest BCUT2D eigenvalue weighted by Gasteiger charge is 2.04. The van der Waals surface area contributed by atoms with Crippen LogP contribution >= 0.6 is 31.9 Å². The number of hydrogen-bond acceptors (Lipinski definition) is 4. The highest BCUT2D eigenvalue weighted by Crippen LogP contribution is 2.26. The summed E-state index contributed by atoms with van der Waals surface area (Å²) in [6.45, 7) is 1.07. The van der Waals surface area contributed by atoms with Gasteiger partial charge in [0.2, 0.25) is 0 Å². The van der Waals surface area contributed by atoms with Crippen LogP contribution in [0.3, 0.4) is 0 Å². The summed E-state index contributed by atoms with van der Waals surface area (Å²) in [6.07, 6.45) is 0. The lowest BCUT2D eigenvalue weighted by Gasteiger charge is -2.10. The Morgan fingerprint density at radius 2 is 1.86 bits per heavy atom. The third-order valence-corrected chi connectivity index (χ3v) is 3.85. The quantitative estimate of drug-likeness (QED) is 0.425. The molecule has 21 heavy (non-hydrogen) atoms. The maximum absolute atomic E-state index is 10.5. The summed E-state index contributed by atoms with van der Waals surface area (Å²) in [5, 5.41) is 13.8. The van der Waals surface area contributed by atoms with E-state index in [-0.39, 0.29) is 5.69 Å². The molecule has 110 valence electrons. The zero-order valence-corrected chi connectivity index (χ0v) is 14.1. The largest absolute Gasteiger partial charge is 0.492 e. The maximum Gasteiger partial charge on any atom is 0.269 e. The van der Waals surface area contributed by atoms with E-state index in [0.717, 1.165) is 14.6 Å². The van der Waals surface area contributed by atoms with Gasteiger partial charge in [0.15, 0.2) is 0 Å². The van der Waals surface area contributed by atoms with E-state index in [1.807, 2.05) is 18.2 Å². The first-order valence-electron chi connectivity index (χ1n) is 6.12. The molecule has 0 saturated carbocycles. The average molecular weight is 416 g/mol. The van der Waals surface area contributed by atoms with E-state index in [0.29, 0.717) is 18.9 Å². The molecule has 0 aliphatic carbocycles. The van der Waals surface area contributed by atoms with E-state index >= 15 is 0 Å². The van der Waals surface area contributed by atoms with Gasteiger partial charge in [-0.05, 0) is 46.3 Å². The Labute approximate surface area is 138 Å². The van der Waals surface area contributed by atoms with Gasteiger partial charge in [-0.15, -0.1) is 0 Å². The van der Waals surface area contributed by atoms with E-state index < -0.39 is 4.92 Å². The number of nitro benzene ring substituents is 1. The van der Waals surface area contributed by atoms with Crippen LogP contribution in [0.4, 0.5) is 11.4 Å². The zero-order chi connectivity index (χ0) is 15.2. The molecule has 7 heteroatoms. The molecule has 0 saturated heterocycles. The lowest BCUT2D eigenvalue weighted by molar-refractivity contribution is -0.384. The average Bonchev–Trinajstić information content (AvgIpc) is 2.47. The summed E-state index contributed by atoms with van der Waals surface area (Å²) in [4.78, 5) is 10.1. The van der Waals surface area contributed by atoms with Gasteiger partial charge in [0.25, 0.3) is 5.69 Å². The summed E-state index contributed by atoms with van der Waals surface area (Å²) < 4.78 is 7.48. The number of hydrogen-bond donors (Lipinski definition) is 1. The number of rotatable bonds is 6. The third kappa shape index (κ3) is 4.71. The lowest BCUT2D eigenvalue weighted by Crippen LogP contribution is -2.11. The number of ether oxygens (including phenoxy) is 1. The summed E-state index contributed by atoms with van der Waals surface area (Å²) in [5.74, 6) is 0.607. The van der Waals surface area contributed by atoms with E-state index in [4.69, 9.17) is 4.74 Å². The van der Waals surface area contributed by atoms with Crippen molar-refractivity contribution in [1.82, 2.24) is 0 Å². The minimum atomic E-state index is -0.434. The topological polar surface area (TPSA) is 64.4 Å². The van der Waals surface area contributed by atoms with E-state index in [2.05, 4.69) is 37.2 Å². The monoisotopic (exact) mass is 414 g/mol. The molecule has 2 rings (SSSR count). The smallest absolute Gasteiger partial charge is 0.269 e. The molecule has 0 aliphatic heterocycles. The van der Waals surface area contributed by atoms with Gasteiger partial charge < -0.3 is 10.1 Å². The van der Waals surface area contributed by atoms with Gasteiger partial charge in [0.1, 0.15) is 12.4 Å².